The molecule has 116 valence electrons. The molecule has 1 unspecified atom stereocenters. The van der Waals surface area contributed by atoms with E-state index in [1.54, 1.807) is 11.8 Å². The van der Waals surface area contributed by atoms with Crippen LogP contribution in [0.5, 0.6) is 0 Å². The Labute approximate surface area is 125 Å². The van der Waals surface area contributed by atoms with Crippen molar-refractivity contribution in [3.05, 3.63) is 0 Å². The minimum atomic E-state index is -0.271. The number of nitrogens with one attached hydrogen (secondary N) is 1. The number of piperazine rings is 1. The highest BCUT2D eigenvalue weighted by atomic mass is 32.2. The Kier molecular flexibility index (Phi) is 6.14. The highest BCUT2D eigenvalue weighted by molar-refractivity contribution is 7.99. The van der Waals surface area contributed by atoms with E-state index < -0.39 is 0 Å². The molecule has 0 bridgehead atoms. The third kappa shape index (κ3) is 5.24. The number of rotatable bonds is 8. The van der Waals surface area contributed by atoms with Gasteiger partial charge < -0.3 is 15.2 Å². The molecule has 20 heavy (non-hydrogen) atoms. The maximum absolute atomic E-state index is 11.3. The van der Waals surface area contributed by atoms with Crippen molar-refractivity contribution in [1.29, 1.82) is 0 Å². The van der Waals surface area contributed by atoms with Crippen LogP contribution in [-0.4, -0.2) is 73.4 Å². The van der Waals surface area contributed by atoms with Gasteiger partial charge in [-0.15, -0.1) is 0 Å². The van der Waals surface area contributed by atoms with Crippen molar-refractivity contribution in [3.8, 4) is 0 Å². The summed E-state index contributed by atoms with van der Waals surface area (Å²) in [6.45, 7) is 4.84. The molecule has 0 aromatic heterocycles. The van der Waals surface area contributed by atoms with E-state index in [9.17, 15) is 9.90 Å². The minimum Gasteiger partial charge on any atom is -0.469 e. The molecule has 2 aliphatic rings. The lowest BCUT2D eigenvalue weighted by atomic mass is 10.1. The maximum atomic E-state index is 11.3. The number of carbonyl (C=O) groups is 1. The van der Waals surface area contributed by atoms with Crippen molar-refractivity contribution in [3.63, 3.8) is 0 Å². The molecule has 0 aromatic rings. The van der Waals surface area contributed by atoms with Crippen molar-refractivity contribution in [2.24, 2.45) is 5.41 Å². The Bertz CT molecular complexity index is 318. The average molecular weight is 302 g/mol. The van der Waals surface area contributed by atoms with Crippen molar-refractivity contribution < 1.29 is 14.6 Å². The van der Waals surface area contributed by atoms with Crippen LogP contribution in [0.2, 0.25) is 0 Å². The number of esters is 1. The summed E-state index contributed by atoms with van der Waals surface area (Å²) >= 11 is 1.77. The summed E-state index contributed by atoms with van der Waals surface area (Å²) in [5.41, 5.74) is 0.159. The van der Waals surface area contributed by atoms with Crippen molar-refractivity contribution >= 4 is 17.7 Å². The van der Waals surface area contributed by atoms with Gasteiger partial charge in [0, 0.05) is 38.5 Å². The van der Waals surface area contributed by atoms with E-state index in [-0.39, 0.29) is 17.5 Å². The van der Waals surface area contributed by atoms with Crippen LogP contribution in [0, 0.1) is 5.41 Å². The van der Waals surface area contributed by atoms with Crippen molar-refractivity contribution in [2.45, 2.75) is 25.4 Å². The van der Waals surface area contributed by atoms with Gasteiger partial charge in [-0.1, -0.05) is 0 Å². The number of methoxy groups -OCH3 is 1. The van der Waals surface area contributed by atoms with Crippen LogP contribution >= 0.6 is 11.8 Å². The lowest BCUT2D eigenvalue weighted by Gasteiger charge is -2.29. The summed E-state index contributed by atoms with van der Waals surface area (Å²) < 4.78 is 4.74. The third-order valence-corrected chi connectivity index (χ3v) is 5.54. The normalized spacial score (nSPS) is 23.3. The van der Waals surface area contributed by atoms with E-state index in [4.69, 9.17) is 4.74 Å². The van der Waals surface area contributed by atoms with Crippen LogP contribution in [0.1, 0.15) is 19.3 Å². The van der Waals surface area contributed by atoms with Gasteiger partial charge in [0.1, 0.15) is 0 Å². The first kappa shape index (κ1) is 16.1. The van der Waals surface area contributed by atoms with E-state index >= 15 is 0 Å². The fourth-order valence-corrected chi connectivity index (χ4v) is 3.90. The largest absolute Gasteiger partial charge is 0.469 e. The van der Waals surface area contributed by atoms with Crippen LogP contribution < -0.4 is 5.32 Å². The number of ether oxygens (including phenoxy) is 1. The standard InChI is InChI=1S/C14H26N2O3S/c1-19-13(18)8-14(2-3-14)11-20-10-12(17)9-16-6-4-15-5-7-16/h12,15,17H,2-11H2,1H3. The summed E-state index contributed by atoms with van der Waals surface area (Å²) in [5.74, 6) is 1.61. The maximum Gasteiger partial charge on any atom is 0.306 e. The molecular formula is C14H26N2O3S. The highest BCUT2D eigenvalue weighted by Gasteiger charge is 2.44. The zero-order valence-corrected chi connectivity index (χ0v) is 13.1. The molecule has 1 saturated heterocycles. The first-order chi connectivity index (χ1) is 9.63. The summed E-state index contributed by atoms with van der Waals surface area (Å²) in [4.78, 5) is 13.6. The van der Waals surface area contributed by atoms with Crippen LogP contribution in [0.15, 0.2) is 0 Å². The topological polar surface area (TPSA) is 61.8 Å². The molecule has 1 aliphatic carbocycles. The van der Waals surface area contributed by atoms with Crippen molar-refractivity contribution in [1.82, 2.24) is 10.2 Å². The molecule has 0 aromatic carbocycles. The Morgan fingerprint density at radius 2 is 2.15 bits per heavy atom. The Hall–Kier alpha value is -0.300. The molecule has 6 heteroatoms. The molecule has 2 fully saturated rings. The first-order valence-corrected chi connectivity index (χ1v) is 8.55. The predicted molar refractivity (Wildman–Crippen MR) is 80.9 cm³/mol. The fourth-order valence-electron chi connectivity index (χ4n) is 2.58. The summed E-state index contributed by atoms with van der Waals surface area (Å²) in [5, 5.41) is 13.4. The van der Waals surface area contributed by atoms with Crippen LogP contribution in [0.4, 0.5) is 0 Å². The number of carbonyl (C=O) groups excluding carboxylic acids is 1. The van der Waals surface area contributed by atoms with Gasteiger partial charge in [-0.3, -0.25) is 9.69 Å². The van der Waals surface area contributed by atoms with Gasteiger partial charge >= 0.3 is 5.97 Å². The van der Waals surface area contributed by atoms with E-state index in [1.165, 1.54) is 7.11 Å². The Balaban J connectivity index is 1.59. The fraction of sp³-hybridized carbons (Fsp3) is 0.929. The number of thioether (sulfide) groups is 1. The van der Waals surface area contributed by atoms with Crippen molar-refractivity contribution in [2.75, 3.05) is 51.3 Å². The molecule has 0 amide bonds. The average Bonchev–Trinajstić information content (AvgIpc) is 3.19. The van der Waals surface area contributed by atoms with Gasteiger partial charge in [0.25, 0.3) is 0 Å². The van der Waals surface area contributed by atoms with Crippen LogP contribution in [0.25, 0.3) is 0 Å². The number of β-amino-alcohol motifs (C(OH)–C–C–N with tert-alkyl or cyclic N) is 1. The summed E-state index contributed by atoms with van der Waals surface area (Å²) in [6.07, 6.45) is 2.49. The van der Waals surface area contributed by atoms with Gasteiger partial charge in [-0.2, -0.15) is 11.8 Å². The number of aliphatic hydroxyl groups excluding tert-OH is 1. The second-order valence-electron chi connectivity index (χ2n) is 5.97. The number of nitrogens with zero attached hydrogens (tertiary/aromatic N) is 1. The number of aliphatic hydroxyl groups is 1. The van der Waals surface area contributed by atoms with Gasteiger partial charge in [0.2, 0.25) is 0 Å². The molecule has 5 nitrogen and oxygen atoms in total. The first-order valence-electron chi connectivity index (χ1n) is 7.39. The lowest BCUT2D eigenvalue weighted by Crippen LogP contribution is -2.46. The highest BCUT2D eigenvalue weighted by Crippen LogP contribution is 2.51. The number of hydrogen-bond acceptors (Lipinski definition) is 6. The van der Waals surface area contributed by atoms with E-state index in [0.29, 0.717) is 6.42 Å². The van der Waals surface area contributed by atoms with Gasteiger partial charge in [-0.25, -0.2) is 0 Å². The molecule has 2 N–H and O–H groups in total. The second kappa shape index (κ2) is 7.64. The molecular weight excluding hydrogens is 276 g/mol. The molecule has 2 rings (SSSR count). The molecule has 1 atom stereocenters. The van der Waals surface area contributed by atoms with Crippen LogP contribution in [0.3, 0.4) is 0 Å². The molecule has 1 heterocycles. The van der Waals surface area contributed by atoms with Gasteiger partial charge in [-0.05, 0) is 24.0 Å². The smallest absolute Gasteiger partial charge is 0.306 e. The predicted octanol–water partition coefficient (Wildman–Crippen LogP) is 0.329. The zero-order valence-electron chi connectivity index (χ0n) is 12.3. The van der Waals surface area contributed by atoms with E-state index in [2.05, 4.69) is 10.2 Å². The Morgan fingerprint density at radius 1 is 1.45 bits per heavy atom. The molecule has 0 spiro atoms. The monoisotopic (exact) mass is 302 g/mol. The SMILES string of the molecule is COC(=O)CC1(CSCC(O)CN2CCNCC2)CC1. The Morgan fingerprint density at radius 3 is 2.75 bits per heavy atom. The van der Waals surface area contributed by atoms with E-state index in [1.807, 2.05) is 0 Å². The van der Waals surface area contributed by atoms with Gasteiger partial charge in [0.05, 0.1) is 19.6 Å². The molecule has 1 saturated carbocycles. The second-order valence-corrected chi connectivity index (χ2v) is 7.00. The molecule has 1 aliphatic heterocycles. The lowest BCUT2D eigenvalue weighted by molar-refractivity contribution is -0.141. The van der Waals surface area contributed by atoms with Gasteiger partial charge in [0.15, 0.2) is 0 Å². The quantitative estimate of drug-likeness (QED) is 0.630. The minimum absolute atomic E-state index is 0.107. The van der Waals surface area contributed by atoms with Crippen LogP contribution in [-0.2, 0) is 9.53 Å². The summed E-state index contributed by atoms with van der Waals surface area (Å²) in [6, 6.07) is 0. The third-order valence-electron chi connectivity index (χ3n) is 4.10. The number of hydrogen-bond donors (Lipinski definition) is 2. The summed E-state index contributed by atoms with van der Waals surface area (Å²) in [7, 11) is 1.45. The zero-order chi connectivity index (χ0) is 14.4. The molecule has 0 radical (unpaired) electrons. The van der Waals surface area contributed by atoms with E-state index in [0.717, 1.165) is 57.1 Å².